The lowest BCUT2D eigenvalue weighted by Gasteiger charge is -2.07. The van der Waals surface area contributed by atoms with Crippen LogP contribution in [0.5, 0.6) is 0 Å². The molecule has 144 valence electrons. The van der Waals surface area contributed by atoms with Crippen LogP contribution >= 0.6 is 0 Å². The standard InChI is InChI=1S/C20H20N4O4/c1-2-27-18(25)11-23-14-4-6-15(7-5-14)24-20(26)17-10-13-9-12(19(21)22)3-8-16(13)28-17/h3-10,23H,2,11H2,1H3,(H3,21,22)(H,24,26). The summed E-state index contributed by atoms with van der Waals surface area (Å²) in [5.41, 5.74) is 7.89. The molecule has 0 saturated heterocycles. The number of esters is 1. The van der Waals surface area contributed by atoms with E-state index in [0.717, 1.165) is 5.69 Å². The van der Waals surface area contributed by atoms with Crippen molar-refractivity contribution < 1.29 is 18.7 Å². The molecule has 0 spiro atoms. The summed E-state index contributed by atoms with van der Waals surface area (Å²) in [5, 5.41) is 13.9. The third-order valence-corrected chi connectivity index (χ3v) is 3.94. The Morgan fingerprint density at radius 2 is 1.82 bits per heavy atom. The van der Waals surface area contributed by atoms with E-state index < -0.39 is 5.91 Å². The Bertz CT molecular complexity index is 1020. The Hall–Kier alpha value is -3.81. The summed E-state index contributed by atoms with van der Waals surface area (Å²) in [4.78, 5) is 23.8. The van der Waals surface area contributed by atoms with Crippen molar-refractivity contribution >= 4 is 40.1 Å². The summed E-state index contributed by atoms with van der Waals surface area (Å²) >= 11 is 0. The first-order valence-corrected chi connectivity index (χ1v) is 8.65. The zero-order chi connectivity index (χ0) is 20.1. The molecule has 8 heteroatoms. The molecule has 5 N–H and O–H groups in total. The molecule has 3 aromatic rings. The van der Waals surface area contributed by atoms with Crippen LogP contribution in [0, 0.1) is 5.41 Å². The Morgan fingerprint density at radius 3 is 2.50 bits per heavy atom. The quantitative estimate of drug-likeness (QED) is 0.283. The largest absolute Gasteiger partial charge is 0.465 e. The number of rotatable bonds is 7. The van der Waals surface area contributed by atoms with Gasteiger partial charge in [0.15, 0.2) is 5.76 Å². The molecule has 28 heavy (non-hydrogen) atoms. The van der Waals surface area contributed by atoms with Crippen LogP contribution in [-0.2, 0) is 9.53 Å². The van der Waals surface area contributed by atoms with E-state index in [4.69, 9.17) is 20.3 Å². The molecule has 1 amide bonds. The molecule has 2 aromatic carbocycles. The molecule has 1 aromatic heterocycles. The van der Waals surface area contributed by atoms with Crippen molar-refractivity contribution in [3.8, 4) is 0 Å². The third kappa shape index (κ3) is 4.47. The van der Waals surface area contributed by atoms with E-state index >= 15 is 0 Å². The monoisotopic (exact) mass is 380 g/mol. The lowest BCUT2D eigenvalue weighted by atomic mass is 10.1. The zero-order valence-corrected chi connectivity index (χ0v) is 15.2. The molecule has 0 radical (unpaired) electrons. The van der Waals surface area contributed by atoms with Crippen molar-refractivity contribution in [3.05, 3.63) is 59.9 Å². The molecule has 3 rings (SSSR count). The maximum atomic E-state index is 12.4. The number of nitrogens with one attached hydrogen (secondary N) is 3. The zero-order valence-electron chi connectivity index (χ0n) is 15.2. The minimum atomic E-state index is -0.396. The van der Waals surface area contributed by atoms with Gasteiger partial charge in [-0.2, -0.15) is 0 Å². The Kier molecular flexibility index (Phi) is 5.59. The minimum Gasteiger partial charge on any atom is -0.465 e. The molecule has 0 aliphatic carbocycles. The summed E-state index contributed by atoms with van der Waals surface area (Å²) < 4.78 is 10.4. The van der Waals surface area contributed by atoms with Gasteiger partial charge in [-0.05, 0) is 55.5 Å². The summed E-state index contributed by atoms with van der Waals surface area (Å²) in [6, 6.07) is 13.5. The van der Waals surface area contributed by atoms with Gasteiger partial charge in [0.05, 0.1) is 6.61 Å². The van der Waals surface area contributed by atoms with Gasteiger partial charge in [0.25, 0.3) is 5.91 Å². The maximum Gasteiger partial charge on any atom is 0.325 e. The Morgan fingerprint density at radius 1 is 1.11 bits per heavy atom. The smallest absolute Gasteiger partial charge is 0.325 e. The average Bonchev–Trinajstić information content (AvgIpc) is 3.11. The molecule has 0 bridgehead atoms. The number of hydrogen-bond donors (Lipinski definition) is 4. The Labute approximate surface area is 161 Å². The van der Waals surface area contributed by atoms with Gasteiger partial charge in [-0.1, -0.05) is 0 Å². The van der Waals surface area contributed by atoms with Crippen LogP contribution in [-0.4, -0.2) is 30.9 Å². The first kappa shape index (κ1) is 19.0. The molecule has 0 atom stereocenters. The van der Waals surface area contributed by atoms with Gasteiger partial charge in [0.2, 0.25) is 0 Å². The molecule has 0 unspecified atom stereocenters. The number of furan rings is 1. The van der Waals surface area contributed by atoms with Crippen LogP contribution in [0.3, 0.4) is 0 Å². The lowest BCUT2D eigenvalue weighted by Crippen LogP contribution is -2.16. The number of amides is 1. The third-order valence-electron chi connectivity index (χ3n) is 3.94. The number of anilines is 2. The van der Waals surface area contributed by atoms with Crippen LogP contribution < -0.4 is 16.4 Å². The molecule has 0 saturated carbocycles. The van der Waals surface area contributed by atoms with Crippen LogP contribution in [0.15, 0.2) is 52.9 Å². The van der Waals surface area contributed by atoms with E-state index in [1.165, 1.54) is 0 Å². The summed E-state index contributed by atoms with van der Waals surface area (Å²) in [5.74, 6) is -0.628. The summed E-state index contributed by atoms with van der Waals surface area (Å²) in [7, 11) is 0. The number of ether oxygens (including phenoxy) is 1. The number of benzene rings is 2. The summed E-state index contributed by atoms with van der Waals surface area (Å²) in [6.07, 6.45) is 0. The SMILES string of the molecule is CCOC(=O)CNc1ccc(NC(=O)c2cc3cc(C(=N)N)ccc3o2)cc1. The highest BCUT2D eigenvalue weighted by Crippen LogP contribution is 2.22. The summed E-state index contributed by atoms with van der Waals surface area (Å²) in [6.45, 7) is 2.16. The van der Waals surface area contributed by atoms with Gasteiger partial charge in [-0.25, -0.2) is 0 Å². The van der Waals surface area contributed by atoms with Crippen molar-refractivity contribution in [2.75, 3.05) is 23.8 Å². The second-order valence-corrected chi connectivity index (χ2v) is 5.97. The van der Waals surface area contributed by atoms with Gasteiger partial charge in [-0.3, -0.25) is 15.0 Å². The van der Waals surface area contributed by atoms with Gasteiger partial charge >= 0.3 is 5.97 Å². The van der Waals surface area contributed by atoms with Gasteiger partial charge in [-0.15, -0.1) is 0 Å². The molecule has 0 aliphatic heterocycles. The highest BCUT2D eigenvalue weighted by atomic mass is 16.5. The number of nitrogens with two attached hydrogens (primary N) is 1. The van der Waals surface area contributed by atoms with Crippen molar-refractivity contribution in [2.45, 2.75) is 6.92 Å². The fourth-order valence-electron chi connectivity index (χ4n) is 2.57. The number of carbonyl (C=O) groups is 2. The number of nitrogen functional groups attached to an aromatic ring is 1. The number of fused-ring (bicyclic) bond motifs is 1. The molecular formula is C20H20N4O4. The molecular weight excluding hydrogens is 360 g/mol. The van der Waals surface area contributed by atoms with Crippen molar-refractivity contribution in [3.63, 3.8) is 0 Å². The highest BCUT2D eigenvalue weighted by Gasteiger charge is 2.13. The van der Waals surface area contributed by atoms with E-state index in [2.05, 4.69) is 10.6 Å². The maximum absolute atomic E-state index is 12.4. The molecule has 0 aliphatic rings. The normalized spacial score (nSPS) is 10.5. The minimum absolute atomic E-state index is 0.0502. The van der Waals surface area contributed by atoms with Crippen LogP contribution in [0.2, 0.25) is 0 Å². The van der Waals surface area contributed by atoms with Crippen LogP contribution in [0.1, 0.15) is 23.0 Å². The lowest BCUT2D eigenvalue weighted by molar-refractivity contribution is -0.140. The van der Waals surface area contributed by atoms with E-state index in [1.807, 2.05) is 0 Å². The van der Waals surface area contributed by atoms with Crippen molar-refractivity contribution in [1.82, 2.24) is 0 Å². The second-order valence-electron chi connectivity index (χ2n) is 5.97. The predicted molar refractivity (Wildman–Crippen MR) is 107 cm³/mol. The molecule has 0 fully saturated rings. The average molecular weight is 380 g/mol. The van der Waals surface area contributed by atoms with Gasteiger partial charge in [0.1, 0.15) is 18.0 Å². The first-order valence-electron chi connectivity index (χ1n) is 8.65. The highest BCUT2D eigenvalue weighted by molar-refractivity contribution is 6.05. The van der Waals surface area contributed by atoms with E-state index in [1.54, 1.807) is 55.5 Å². The first-order chi connectivity index (χ1) is 13.5. The van der Waals surface area contributed by atoms with Crippen molar-refractivity contribution in [2.24, 2.45) is 5.73 Å². The fourth-order valence-corrected chi connectivity index (χ4v) is 2.57. The van der Waals surface area contributed by atoms with Crippen molar-refractivity contribution in [1.29, 1.82) is 5.41 Å². The van der Waals surface area contributed by atoms with Crippen LogP contribution in [0.4, 0.5) is 11.4 Å². The molecule has 8 nitrogen and oxygen atoms in total. The number of carbonyl (C=O) groups excluding carboxylic acids is 2. The fraction of sp³-hybridized carbons (Fsp3) is 0.150. The molecule has 1 heterocycles. The predicted octanol–water partition coefficient (Wildman–Crippen LogP) is 2.94. The van der Waals surface area contributed by atoms with E-state index in [9.17, 15) is 9.59 Å². The second kappa shape index (κ2) is 8.26. The van der Waals surface area contributed by atoms with E-state index in [-0.39, 0.29) is 24.1 Å². The number of hydrogen-bond acceptors (Lipinski definition) is 6. The van der Waals surface area contributed by atoms with Gasteiger partial charge in [0, 0.05) is 22.3 Å². The van der Waals surface area contributed by atoms with E-state index in [0.29, 0.717) is 28.8 Å². The topological polar surface area (TPSA) is 130 Å². The number of amidine groups is 1. The van der Waals surface area contributed by atoms with Crippen LogP contribution in [0.25, 0.3) is 11.0 Å². The van der Waals surface area contributed by atoms with Gasteiger partial charge < -0.3 is 25.5 Å². The Balaban J connectivity index is 1.65.